The molecule has 156 valence electrons. The first kappa shape index (κ1) is 23.9. The molecule has 0 radical (unpaired) electrons. The van der Waals surface area contributed by atoms with Gasteiger partial charge in [0.25, 0.3) is 5.01 Å². The van der Waals surface area contributed by atoms with Gasteiger partial charge < -0.3 is 28.9 Å². The van der Waals surface area contributed by atoms with Crippen molar-refractivity contribution in [2.24, 2.45) is 5.41 Å². The number of hydrogen-bond donors (Lipinski definition) is 0. The van der Waals surface area contributed by atoms with E-state index in [0.29, 0.717) is 0 Å². The molecule has 2 nitrogen and oxygen atoms in total. The Balaban J connectivity index is 0.00000300. The first-order valence-corrected chi connectivity index (χ1v) is 10.9. The normalized spacial score (nSPS) is 18.2. The standard InChI is InChI=1S/C25H33N2S.HI/c1-7-27-22-10-8-9-11-23(22)28-24(27)15-21-14-20(16-25(3,4)17-21)13-12-19(2)18-26(5)6;/h8-15,18H,7,16-17H2,1-6H3;1H/q+1;/p-1. The van der Waals surface area contributed by atoms with Crippen LogP contribution in [0.5, 0.6) is 0 Å². The van der Waals surface area contributed by atoms with Gasteiger partial charge in [-0.25, -0.2) is 0 Å². The number of halogens is 1. The van der Waals surface area contributed by atoms with Crippen molar-refractivity contribution in [1.82, 2.24) is 4.90 Å². The van der Waals surface area contributed by atoms with Crippen LogP contribution in [-0.2, 0) is 6.54 Å². The molecule has 2 aromatic rings. The summed E-state index contributed by atoms with van der Waals surface area (Å²) in [5, 5.41) is 1.35. The predicted octanol–water partition coefficient (Wildman–Crippen LogP) is 3.36. The van der Waals surface area contributed by atoms with Crippen molar-refractivity contribution in [2.45, 2.75) is 47.1 Å². The highest BCUT2D eigenvalue weighted by atomic mass is 127. The molecule has 29 heavy (non-hydrogen) atoms. The Bertz CT molecular complexity index is 974. The molecule has 1 aliphatic rings. The minimum Gasteiger partial charge on any atom is -1.00 e. The van der Waals surface area contributed by atoms with Gasteiger partial charge in [-0.3, -0.25) is 0 Å². The first-order valence-electron chi connectivity index (χ1n) is 10.1. The zero-order valence-electron chi connectivity index (χ0n) is 18.5. The van der Waals surface area contributed by atoms with Crippen LogP contribution in [0.15, 0.2) is 65.4 Å². The maximum atomic E-state index is 2.43. The Morgan fingerprint density at radius 2 is 1.93 bits per heavy atom. The summed E-state index contributed by atoms with van der Waals surface area (Å²) in [4.78, 5) is 2.09. The molecule has 0 fully saturated rings. The molecule has 1 heterocycles. The van der Waals surface area contributed by atoms with E-state index in [9.17, 15) is 0 Å². The summed E-state index contributed by atoms with van der Waals surface area (Å²) >= 11 is 1.89. The second-order valence-corrected chi connectivity index (χ2v) is 9.84. The minimum atomic E-state index is 0. The molecule has 1 aromatic heterocycles. The Morgan fingerprint density at radius 1 is 1.21 bits per heavy atom. The third-order valence-corrected chi connectivity index (χ3v) is 6.13. The Kier molecular flexibility index (Phi) is 8.29. The summed E-state index contributed by atoms with van der Waals surface area (Å²) in [6.07, 6.45) is 13.7. The van der Waals surface area contributed by atoms with Gasteiger partial charge in [-0.1, -0.05) is 55.5 Å². The number of allylic oxidation sites excluding steroid dienone is 6. The van der Waals surface area contributed by atoms with Crippen molar-refractivity contribution < 1.29 is 28.5 Å². The van der Waals surface area contributed by atoms with Gasteiger partial charge >= 0.3 is 0 Å². The number of aryl methyl sites for hydroxylation is 1. The summed E-state index contributed by atoms with van der Waals surface area (Å²) in [7, 11) is 4.13. The Morgan fingerprint density at radius 3 is 2.62 bits per heavy atom. The van der Waals surface area contributed by atoms with Gasteiger partial charge in [-0.05, 0) is 54.9 Å². The number of fused-ring (bicyclic) bond motifs is 1. The molecule has 0 N–H and O–H groups in total. The Labute approximate surface area is 197 Å². The molecule has 3 rings (SSSR count). The van der Waals surface area contributed by atoms with Crippen LogP contribution >= 0.6 is 11.3 Å². The van der Waals surface area contributed by atoms with Gasteiger partial charge in [0.05, 0.1) is 0 Å². The van der Waals surface area contributed by atoms with Gasteiger partial charge in [-0.15, -0.1) is 0 Å². The first-order chi connectivity index (χ1) is 13.3. The fraction of sp³-hybridized carbons (Fsp3) is 0.400. The van der Waals surface area contributed by atoms with Crippen molar-refractivity contribution in [2.75, 3.05) is 14.1 Å². The smallest absolute Gasteiger partial charge is 0.263 e. The Hall–Kier alpha value is -1.40. The largest absolute Gasteiger partial charge is 1.00 e. The van der Waals surface area contributed by atoms with E-state index in [1.165, 1.54) is 31.9 Å². The average molecular weight is 521 g/mol. The fourth-order valence-corrected chi connectivity index (χ4v) is 5.24. The number of benzene rings is 1. The van der Waals surface area contributed by atoms with Gasteiger partial charge in [0.1, 0.15) is 11.2 Å². The lowest BCUT2D eigenvalue weighted by molar-refractivity contribution is -0.665. The highest BCUT2D eigenvalue weighted by Crippen LogP contribution is 2.39. The third-order valence-electron chi connectivity index (χ3n) is 5.02. The van der Waals surface area contributed by atoms with Gasteiger partial charge in [0.15, 0.2) is 0 Å². The number of thiazole rings is 1. The molecular weight excluding hydrogens is 487 g/mol. The van der Waals surface area contributed by atoms with Crippen LogP contribution in [-0.4, -0.2) is 19.0 Å². The van der Waals surface area contributed by atoms with Crippen LogP contribution in [0.4, 0.5) is 0 Å². The van der Waals surface area contributed by atoms with Crippen molar-refractivity contribution in [3.63, 3.8) is 0 Å². The van der Waals surface area contributed by atoms with E-state index >= 15 is 0 Å². The zero-order valence-corrected chi connectivity index (χ0v) is 21.5. The van der Waals surface area contributed by atoms with E-state index < -0.39 is 0 Å². The van der Waals surface area contributed by atoms with Crippen LogP contribution in [0.1, 0.15) is 45.5 Å². The van der Waals surface area contributed by atoms with Crippen LogP contribution in [0.2, 0.25) is 0 Å². The molecule has 0 unspecified atom stereocenters. The van der Waals surface area contributed by atoms with E-state index in [1.54, 1.807) is 0 Å². The van der Waals surface area contributed by atoms with Crippen LogP contribution in [0.25, 0.3) is 16.3 Å². The fourth-order valence-electron chi connectivity index (χ4n) is 4.04. The summed E-state index contributed by atoms with van der Waals surface area (Å²) < 4.78 is 3.79. The van der Waals surface area contributed by atoms with Gasteiger partial charge in [0.2, 0.25) is 5.52 Å². The SMILES string of the molecule is CC[n+]1c(/C=C2C=C(/C=C/C(C)=C\N(C)C)CC(C)(C)C/2)sc2ccccc21.[I-]. The van der Waals surface area contributed by atoms with Crippen LogP contribution in [0.3, 0.4) is 0 Å². The quantitative estimate of drug-likeness (QED) is 0.333. The van der Waals surface area contributed by atoms with Crippen molar-refractivity contribution in [1.29, 1.82) is 0 Å². The van der Waals surface area contributed by atoms with E-state index in [4.69, 9.17) is 0 Å². The van der Waals surface area contributed by atoms with Crippen molar-refractivity contribution in [3.8, 4) is 0 Å². The zero-order chi connectivity index (χ0) is 20.3. The second kappa shape index (κ2) is 10.1. The maximum absolute atomic E-state index is 2.43. The molecule has 1 aromatic carbocycles. The van der Waals surface area contributed by atoms with E-state index in [2.05, 4.69) is 106 Å². The average Bonchev–Trinajstić information content (AvgIpc) is 2.95. The summed E-state index contributed by atoms with van der Waals surface area (Å²) in [6.45, 7) is 10.1. The minimum absolute atomic E-state index is 0. The predicted molar refractivity (Wildman–Crippen MR) is 123 cm³/mol. The molecule has 4 heteroatoms. The van der Waals surface area contributed by atoms with Crippen LogP contribution in [0, 0.1) is 5.41 Å². The highest BCUT2D eigenvalue weighted by molar-refractivity contribution is 7.18. The molecular formula is C25H33IN2S. The molecule has 0 amide bonds. The molecule has 0 bridgehead atoms. The van der Waals surface area contributed by atoms with Gasteiger partial charge in [0, 0.05) is 32.4 Å². The summed E-state index contributed by atoms with van der Waals surface area (Å²) in [5.41, 5.74) is 5.74. The van der Waals surface area contributed by atoms with E-state index in [-0.39, 0.29) is 29.4 Å². The number of rotatable bonds is 5. The number of hydrogen-bond acceptors (Lipinski definition) is 2. The maximum Gasteiger partial charge on any atom is 0.263 e. The molecule has 0 spiro atoms. The topological polar surface area (TPSA) is 7.12 Å². The summed E-state index contributed by atoms with van der Waals surface area (Å²) in [6, 6.07) is 8.72. The number of nitrogens with zero attached hydrogens (tertiary/aromatic N) is 2. The number of aromatic nitrogens is 1. The van der Waals surface area contributed by atoms with Crippen molar-refractivity contribution >= 4 is 27.6 Å². The van der Waals surface area contributed by atoms with Crippen LogP contribution < -0.4 is 28.5 Å². The van der Waals surface area contributed by atoms with E-state index in [1.807, 2.05) is 11.3 Å². The third kappa shape index (κ3) is 6.29. The lowest BCUT2D eigenvalue weighted by atomic mass is 9.75. The lowest BCUT2D eigenvalue weighted by Gasteiger charge is -2.30. The molecule has 0 aliphatic heterocycles. The number of para-hydroxylation sites is 1. The lowest BCUT2D eigenvalue weighted by Crippen LogP contribution is -3.00. The van der Waals surface area contributed by atoms with Crippen molar-refractivity contribution in [3.05, 3.63) is 70.4 Å². The molecule has 0 atom stereocenters. The second-order valence-electron chi connectivity index (χ2n) is 8.78. The highest BCUT2D eigenvalue weighted by Gasteiger charge is 2.26. The monoisotopic (exact) mass is 520 g/mol. The molecule has 0 saturated heterocycles. The molecule has 0 saturated carbocycles. The summed E-state index contributed by atoms with van der Waals surface area (Å²) in [5.74, 6) is 0. The molecule has 1 aliphatic carbocycles. The van der Waals surface area contributed by atoms with E-state index in [0.717, 1.165) is 19.4 Å². The van der Waals surface area contributed by atoms with Gasteiger partial charge in [-0.2, -0.15) is 4.57 Å².